The van der Waals surface area contributed by atoms with Gasteiger partial charge in [0.2, 0.25) is 0 Å². The topological polar surface area (TPSA) is 47.6 Å². The van der Waals surface area contributed by atoms with Gasteiger partial charge in [-0.2, -0.15) is 10.5 Å². The Bertz CT molecular complexity index is 451. The number of rotatable bonds is 2. The highest BCUT2D eigenvalue weighted by atomic mass is 14.3. The molecule has 0 unspecified atom stereocenters. The van der Waals surface area contributed by atoms with Crippen molar-refractivity contribution in [3.05, 3.63) is 53.6 Å². The van der Waals surface area contributed by atoms with Gasteiger partial charge in [-0.15, -0.1) is 0 Å². The van der Waals surface area contributed by atoms with E-state index in [9.17, 15) is 0 Å². The molecule has 1 aromatic rings. The summed E-state index contributed by atoms with van der Waals surface area (Å²) in [4.78, 5) is 0. The first-order valence-corrected chi connectivity index (χ1v) is 4.52. The number of hydrogen-bond acceptors (Lipinski definition) is 2. The van der Waals surface area contributed by atoms with Crippen LogP contribution in [-0.4, -0.2) is 0 Å². The van der Waals surface area contributed by atoms with E-state index in [2.05, 4.69) is 0 Å². The maximum absolute atomic E-state index is 8.54. The molecule has 0 heterocycles. The molecule has 0 atom stereocenters. The average molecular weight is 194 g/mol. The molecule has 0 saturated heterocycles. The van der Waals surface area contributed by atoms with Crippen LogP contribution in [0.25, 0.3) is 5.57 Å². The monoisotopic (exact) mass is 194 g/mol. The van der Waals surface area contributed by atoms with Crippen LogP contribution in [0.15, 0.2) is 48.1 Å². The molecular formula is C13H10N2. The molecule has 2 nitrogen and oxygen atoms in total. The van der Waals surface area contributed by atoms with Gasteiger partial charge in [0.1, 0.15) is 17.7 Å². The molecule has 0 aliphatic rings. The Balaban J connectivity index is 2.93. The Morgan fingerprint density at radius 2 is 1.67 bits per heavy atom. The van der Waals surface area contributed by atoms with Crippen molar-refractivity contribution in [2.75, 3.05) is 0 Å². The lowest BCUT2D eigenvalue weighted by Crippen LogP contribution is -1.77. The number of allylic oxidation sites excluding steroid dienone is 4. The molecule has 0 aromatic heterocycles. The lowest BCUT2D eigenvalue weighted by Gasteiger charge is -1.98. The van der Waals surface area contributed by atoms with Gasteiger partial charge in [-0.25, -0.2) is 0 Å². The third-order valence-electron chi connectivity index (χ3n) is 1.97. The van der Waals surface area contributed by atoms with Crippen molar-refractivity contribution in [3.8, 4) is 12.1 Å². The zero-order chi connectivity index (χ0) is 11.1. The summed E-state index contributed by atoms with van der Waals surface area (Å²) in [5.74, 6) is 0. The first-order valence-electron chi connectivity index (χ1n) is 4.52. The van der Waals surface area contributed by atoms with Crippen LogP contribution in [-0.2, 0) is 0 Å². The average Bonchev–Trinajstić information content (AvgIpc) is 2.31. The van der Waals surface area contributed by atoms with Crippen molar-refractivity contribution in [2.45, 2.75) is 6.92 Å². The van der Waals surface area contributed by atoms with Gasteiger partial charge >= 0.3 is 0 Å². The van der Waals surface area contributed by atoms with Crippen molar-refractivity contribution in [1.29, 1.82) is 10.5 Å². The van der Waals surface area contributed by atoms with Gasteiger partial charge in [0.05, 0.1) is 0 Å². The minimum atomic E-state index is 0.116. The molecule has 0 radical (unpaired) electrons. The van der Waals surface area contributed by atoms with Gasteiger partial charge in [0.15, 0.2) is 0 Å². The van der Waals surface area contributed by atoms with Crippen LogP contribution in [0.1, 0.15) is 12.5 Å². The van der Waals surface area contributed by atoms with E-state index in [1.54, 1.807) is 6.08 Å². The highest BCUT2D eigenvalue weighted by Gasteiger charge is 1.93. The van der Waals surface area contributed by atoms with Crippen molar-refractivity contribution in [2.24, 2.45) is 0 Å². The second-order valence-electron chi connectivity index (χ2n) is 3.02. The fourth-order valence-corrected chi connectivity index (χ4v) is 1.11. The fraction of sp³-hybridized carbons (Fsp3) is 0.0769. The molecule has 0 saturated carbocycles. The first-order chi connectivity index (χ1) is 7.27. The summed E-state index contributed by atoms with van der Waals surface area (Å²) in [5.41, 5.74) is 2.23. The van der Waals surface area contributed by atoms with Crippen molar-refractivity contribution in [3.63, 3.8) is 0 Å². The van der Waals surface area contributed by atoms with Gasteiger partial charge < -0.3 is 0 Å². The summed E-state index contributed by atoms with van der Waals surface area (Å²) in [5, 5.41) is 17.1. The summed E-state index contributed by atoms with van der Waals surface area (Å²) in [6.07, 6.45) is 3.30. The predicted octanol–water partition coefficient (Wildman–Crippen LogP) is 3.06. The summed E-state index contributed by atoms with van der Waals surface area (Å²) < 4.78 is 0. The van der Waals surface area contributed by atoms with Crippen LogP contribution < -0.4 is 0 Å². The molecule has 0 N–H and O–H groups in total. The van der Waals surface area contributed by atoms with E-state index < -0.39 is 0 Å². The molecule has 0 amide bonds. The molecule has 15 heavy (non-hydrogen) atoms. The maximum Gasteiger partial charge on any atom is 0.129 e. The molecule has 0 aliphatic carbocycles. The number of nitrogens with zero attached hydrogens (tertiary/aromatic N) is 2. The van der Waals surface area contributed by atoms with E-state index in [0.717, 1.165) is 11.1 Å². The Kier molecular flexibility index (Phi) is 3.89. The van der Waals surface area contributed by atoms with E-state index in [1.807, 2.05) is 49.4 Å². The SMILES string of the molecule is CC(=CC=C(C#N)C#N)c1ccccc1. The summed E-state index contributed by atoms with van der Waals surface area (Å²) in [6.45, 7) is 1.94. The molecule has 1 rings (SSSR count). The number of benzene rings is 1. The minimum absolute atomic E-state index is 0.116. The lowest BCUT2D eigenvalue weighted by atomic mass is 10.1. The van der Waals surface area contributed by atoms with E-state index >= 15 is 0 Å². The van der Waals surface area contributed by atoms with Gasteiger partial charge in [-0.1, -0.05) is 36.4 Å². The van der Waals surface area contributed by atoms with Crippen LogP contribution in [0.2, 0.25) is 0 Å². The lowest BCUT2D eigenvalue weighted by molar-refractivity contribution is 1.46. The Morgan fingerprint density at radius 1 is 1.07 bits per heavy atom. The molecule has 0 aliphatic heterocycles. The molecular weight excluding hydrogens is 184 g/mol. The highest BCUT2D eigenvalue weighted by molar-refractivity contribution is 5.65. The zero-order valence-corrected chi connectivity index (χ0v) is 8.44. The van der Waals surface area contributed by atoms with Crippen molar-refractivity contribution >= 4 is 5.57 Å². The normalized spacial score (nSPS) is 9.93. The van der Waals surface area contributed by atoms with Crippen LogP contribution in [0.3, 0.4) is 0 Å². The third kappa shape index (κ3) is 3.14. The first kappa shape index (κ1) is 10.8. The van der Waals surface area contributed by atoms with Gasteiger partial charge in [-0.3, -0.25) is 0 Å². The van der Waals surface area contributed by atoms with Crippen molar-refractivity contribution in [1.82, 2.24) is 0 Å². The summed E-state index contributed by atoms with van der Waals surface area (Å²) in [6, 6.07) is 13.4. The smallest absolute Gasteiger partial charge is 0.129 e. The predicted molar refractivity (Wildman–Crippen MR) is 59.4 cm³/mol. The molecule has 1 aromatic carbocycles. The second kappa shape index (κ2) is 5.42. The van der Waals surface area contributed by atoms with E-state index in [1.165, 1.54) is 6.08 Å². The molecule has 0 spiro atoms. The van der Waals surface area contributed by atoms with Gasteiger partial charge in [0, 0.05) is 0 Å². The fourth-order valence-electron chi connectivity index (χ4n) is 1.11. The van der Waals surface area contributed by atoms with Crippen LogP contribution in [0.4, 0.5) is 0 Å². The van der Waals surface area contributed by atoms with Gasteiger partial charge in [-0.05, 0) is 24.1 Å². The highest BCUT2D eigenvalue weighted by Crippen LogP contribution is 2.12. The van der Waals surface area contributed by atoms with E-state index in [4.69, 9.17) is 10.5 Å². The molecule has 0 bridgehead atoms. The largest absolute Gasteiger partial charge is 0.192 e. The zero-order valence-electron chi connectivity index (χ0n) is 8.44. The van der Waals surface area contributed by atoms with Crippen LogP contribution in [0, 0.1) is 22.7 Å². The Morgan fingerprint density at radius 3 is 2.20 bits per heavy atom. The Hall–Kier alpha value is -2.32. The Labute approximate surface area is 89.4 Å². The van der Waals surface area contributed by atoms with Crippen LogP contribution in [0.5, 0.6) is 0 Å². The standard InChI is InChI=1S/C13H10N2/c1-11(7-8-12(9-14)10-15)13-5-3-2-4-6-13/h2-8H,1H3. The minimum Gasteiger partial charge on any atom is -0.192 e. The quantitative estimate of drug-likeness (QED) is 0.536. The van der Waals surface area contributed by atoms with E-state index in [-0.39, 0.29) is 5.57 Å². The molecule has 0 fully saturated rings. The molecule has 72 valence electrons. The van der Waals surface area contributed by atoms with Gasteiger partial charge in [0.25, 0.3) is 0 Å². The second-order valence-corrected chi connectivity index (χ2v) is 3.02. The van der Waals surface area contributed by atoms with Crippen molar-refractivity contribution < 1.29 is 0 Å². The number of hydrogen-bond donors (Lipinski definition) is 0. The number of nitriles is 2. The summed E-state index contributed by atoms with van der Waals surface area (Å²) >= 11 is 0. The van der Waals surface area contributed by atoms with Crippen LogP contribution >= 0.6 is 0 Å². The maximum atomic E-state index is 8.54. The third-order valence-corrected chi connectivity index (χ3v) is 1.97. The molecule has 2 heteroatoms. The van der Waals surface area contributed by atoms with E-state index in [0.29, 0.717) is 0 Å². The summed E-state index contributed by atoms with van der Waals surface area (Å²) in [7, 11) is 0.